The summed E-state index contributed by atoms with van der Waals surface area (Å²) in [4.78, 5) is 11.2. The lowest BCUT2D eigenvalue weighted by atomic mass is 9.94. The van der Waals surface area contributed by atoms with Gasteiger partial charge in [0.25, 0.3) is 0 Å². The van der Waals surface area contributed by atoms with Crippen LogP contribution in [0, 0.1) is 5.92 Å². The van der Waals surface area contributed by atoms with Crippen LogP contribution in [0.2, 0.25) is 0 Å². The molecule has 0 aliphatic rings. The molecule has 0 fully saturated rings. The number of halogens is 1. The van der Waals surface area contributed by atoms with E-state index in [4.69, 9.17) is 4.74 Å². The Bertz CT molecular complexity index is 419. The van der Waals surface area contributed by atoms with Crippen LogP contribution in [0.3, 0.4) is 0 Å². The van der Waals surface area contributed by atoms with Crippen LogP contribution in [0.25, 0.3) is 0 Å². The first-order chi connectivity index (χ1) is 8.49. The molecule has 0 aliphatic carbocycles. The number of methoxy groups -OCH3 is 2. The van der Waals surface area contributed by atoms with E-state index in [1.54, 1.807) is 32.2 Å². The van der Waals surface area contributed by atoms with E-state index in [0.29, 0.717) is 5.75 Å². The number of carbonyl (C=O) groups excluding carboxylic acids is 1. The van der Waals surface area contributed by atoms with Gasteiger partial charge in [-0.3, -0.25) is 4.79 Å². The van der Waals surface area contributed by atoms with Gasteiger partial charge in [-0.15, -0.1) is 0 Å². The zero-order valence-electron chi connectivity index (χ0n) is 10.6. The third-order valence-electron chi connectivity index (χ3n) is 2.77. The number of carbonyl (C=O) groups is 1. The molecule has 0 spiro atoms. The first-order valence-electron chi connectivity index (χ1n) is 5.58. The SMILES string of the molecule is COC(=O)CC(C)C(O)c1ccc(OC)c(Br)c1. The highest BCUT2D eigenvalue weighted by atomic mass is 79.9. The second-order valence-electron chi connectivity index (χ2n) is 4.10. The van der Waals surface area contributed by atoms with Gasteiger partial charge in [-0.2, -0.15) is 0 Å². The highest BCUT2D eigenvalue weighted by Crippen LogP contribution is 2.31. The molecule has 100 valence electrons. The predicted octanol–water partition coefficient (Wildman–Crippen LogP) is 2.69. The molecule has 0 radical (unpaired) electrons. The highest BCUT2D eigenvalue weighted by Gasteiger charge is 2.20. The summed E-state index contributed by atoms with van der Waals surface area (Å²) in [5.41, 5.74) is 0.735. The lowest BCUT2D eigenvalue weighted by molar-refractivity contribution is -0.142. The molecule has 4 nitrogen and oxygen atoms in total. The van der Waals surface area contributed by atoms with Gasteiger partial charge in [-0.25, -0.2) is 0 Å². The first-order valence-corrected chi connectivity index (χ1v) is 6.37. The van der Waals surface area contributed by atoms with E-state index in [2.05, 4.69) is 20.7 Å². The van der Waals surface area contributed by atoms with Crippen LogP contribution >= 0.6 is 15.9 Å². The summed E-state index contributed by atoms with van der Waals surface area (Å²) in [5.74, 6) is 0.165. The number of aliphatic hydroxyl groups excluding tert-OH is 1. The van der Waals surface area contributed by atoms with Crippen molar-refractivity contribution in [2.24, 2.45) is 5.92 Å². The number of hydrogen-bond acceptors (Lipinski definition) is 4. The van der Waals surface area contributed by atoms with Crippen molar-refractivity contribution in [3.63, 3.8) is 0 Å². The lowest BCUT2D eigenvalue weighted by Gasteiger charge is -2.19. The molecule has 0 saturated carbocycles. The Hall–Kier alpha value is -1.07. The fourth-order valence-electron chi connectivity index (χ4n) is 1.65. The van der Waals surface area contributed by atoms with Gasteiger partial charge in [0.2, 0.25) is 0 Å². The third kappa shape index (κ3) is 3.71. The van der Waals surface area contributed by atoms with E-state index < -0.39 is 6.10 Å². The number of hydrogen-bond donors (Lipinski definition) is 1. The largest absolute Gasteiger partial charge is 0.496 e. The maximum absolute atomic E-state index is 11.2. The van der Waals surface area contributed by atoms with Crippen LogP contribution in [-0.2, 0) is 9.53 Å². The summed E-state index contributed by atoms with van der Waals surface area (Å²) in [6.45, 7) is 1.81. The summed E-state index contributed by atoms with van der Waals surface area (Å²) < 4.78 is 10.5. The van der Waals surface area contributed by atoms with Gasteiger partial charge < -0.3 is 14.6 Å². The van der Waals surface area contributed by atoms with Crippen LogP contribution < -0.4 is 4.74 Å². The van der Waals surface area contributed by atoms with E-state index in [0.717, 1.165) is 10.0 Å². The summed E-state index contributed by atoms with van der Waals surface area (Å²) in [6, 6.07) is 5.34. The second kappa shape index (κ2) is 6.75. The Morgan fingerprint density at radius 1 is 1.44 bits per heavy atom. The molecule has 1 N–H and O–H groups in total. The molecule has 0 saturated heterocycles. The minimum atomic E-state index is -0.716. The standard InChI is InChI=1S/C13H17BrO4/c1-8(6-12(15)18-3)13(16)9-4-5-11(17-2)10(14)7-9/h4-5,7-8,13,16H,6H2,1-3H3. The topological polar surface area (TPSA) is 55.8 Å². The van der Waals surface area contributed by atoms with Crippen molar-refractivity contribution < 1.29 is 19.4 Å². The molecule has 1 rings (SSSR count). The van der Waals surface area contributed by atoms with Gasteiger partial charge in [0.1, 0.15) is 5.75 Å². The number of benzene rings is 1. The zero-order chi connectivity index (χ0) is 13.7. The molecule has 0 aromatic heterocycles. The molecule has 5 heteroatoms. The van der Waals surface area contributed by atoms with Gasteiger partial charge in [-0.1, -0.05) is 13.0 Å². The monoisotopic (exact) mass is 316 g/mol. The van der Waals surface area contributed by atoms with E-state index >= 15 is 0 Å². The van der Waals surface area contributed by atoms with Crippen molar-refractivity contribution in [1.82, 2.24) is 0 Å². The van der Waals surface area contributed by atoms with Crippen molar-refractivity contribution >= 4 is 21.9 Å². The Labute approximate surface area is 115 Å². The van der Waals surface area contributed by atoms with E-state index in [9.17, 15) is 9.90 Å². The van der Waals surface area contributed by atoms with E-state index in [1.807, 2.05) is 0 Å². The summed E-state index contributed by atoms with van der Waals surface area (Å²) in [7, 11) is 2.92. The van der Waals surface area contributed by atoms with Crippen LogP contribution in [0.5, 0.6) is 5.75 Å². The predicted molar refractivity (Wildman–Crippen MR) is 71.5 cm³/mol. The normalized spacial score (nSPS) is 13.8. The molecule has 18 heavy (non-hydrogen) atoms. The van der Waals surface area contributed by atoms with Gasteiger partial charge in [0.05, 0.1) is 31.2 Å². The Balaban J connectivity index is 2.80. The average molecular weight is 317 g/mol. The molecule has 0 heterocycles. The number of rotatable bonds is 5. The van der Waals surface area contributed by atoms with Crippen molar-refractivity contribution in [3.05, 3.63) is 28.2 Å². The number of aliphatic hydroxyl groups is 1. The molecule has 0 amide bonds. The number of esters is 1. The first kappa shape index (κ1) is 15.0. The smallest absolute Gasteiger partial charge is 0.305 e. The highest BCUT2D eigenvalue weighted by molar-refractivity contribution is 9.10. The average Bonchev–Trinajstić information content (AvgIpc) is 2.37. The minimum absolute atomic E-state index is 0.182. The fraction of sp³-hybridized carbons (Fsp3) is 0.462. The molecule has 0 aliphatic heterocycles. The van der Waals surface area contributed by atoms with Gasteiger partial charge >= 0.3 is 5.97 Å². The summed E-state index contributed by atoms with van der Waals surface area (Å²) in [5, 5.41) is 10.2. The Morgan fingerprint density at radius 2 is 2.11 bits per heavy atom. The summed E-state index contributed by atoms with van der Waals surface area (Å²) in [6.07, 6.45) is -0.535. The molecular weight excluding hydrogens is 300 g/mol. The van der Waals surface area contributed by atoms with Gasteiger partial charge in [0, 0.05) is 0 Å². The quantitative estimate of drug-likeness (QED) is 0.849. The van der Waals surface area contributed by atoms with E-state index in [1.165, 1.54) is 7.11 Å². The molecular formula is C13H17BrO4. The van der Waals surface area contributed by atoms with Crippen LogP contribution in [-0.4, -0.2) is 25.3 Å². The molecule has 2 unspecified atom stereocenters. The molecule has 0 bridgehead atoms. The van der Waals surface area contributed by atoms with Crippen molar-refractivity contribution in [2.75, 3.05) is 14.2 Å². The Kier molecular flexibility index (Phi) is 5.62. The number of ether oxygens (including phenoxy) is 2. The van der Waals surface area contributed by atoms with Gasteiger partial charge in [-0.05, 0) is 39.5 Å². The molecule has 2 atom stereocenters. The summed E-state index contributed by atoms with van der Waals surface area (Å²) >= 11 is 3.36. The van der Waals surface area contributed by atoms with Crippen LogP contribution in [0.4, 0.5) is 0 Å². The fourth-order valence-corrected chi connectivity index (χ4v) is 2.21. The van der Waals surface area contributed by atoms with Crippen LogP contribution in [0.15, 0.2) is 22.7 Å². The zero-order valence-corrected chi connectivity index (χ0v) is 12.2. The maximum atomic E-state index is 11.2. The van der Waals surface area contributed by atoms with Crippen LogP contribution in [0.1, 0.15) is 25.0 Å². The van der Waals surface area contributed by atoms with E-state index in [-0.39, 0.29) is 18.3 Å². The van der Waals surface area contributed by atoms with Crippen molar-refractivity contribution in [1.29, 1.82) is 0 Å². The lowest BCUT2D eigenvalue weighted by Crippen LogP contribution is -2.15. The minimum Gasteiger partial charge on any atom is -0.496 e. The maximum Gasteiger partial charge on any atom is 0.305 e. The van der Waals surface area contributed by atoms with Crippen molar-refractivity contribution in [2.45, 2.75) is 19.4 Å². The molecule has 1 aromatic carbocycles. The Morgan fingerprint density at radius 3 is 2.61 bits per heavy atom. The molecule has 1 aromatic rings. The second-order valence-corrected chi connectivity index (χ2v) is 4.95. The third-order valence-corrected chi connectivity index (χ3v) is 3.39. The van der Waals surface area contributed by atoms with Crippen molar-refractivity contribution in [3.8, 4) is 5.75 Å². The van der Waals surface area contributed by atoms with Gasteiger partial charge in [0.15, 0.2) is 0 Å².